The Kier molecular flexibility index (Phi) is 5.30. The minimum Gasteiger partial charge on any atom is -0.462 e. The summed E-state index contributed by atoms with van der Waals surface area (Å²) >= 11 is 0. The number of hydrogen-bond acceptors (Lipinski definition) is 2. The maximum atomic E-state index is 11.5. The lowest BCUT2D eigenvalue weighted by atomic mass is 9.88. The fourth-order valence-electron chi connectivity index (χ4n) is 2.32. The molecule has 1 fully saturated rings. The van der Waals surface area contributed by atoms with Crippen molar-refractivity contribution < 1.29 is 9.53 Å². The predicted octanol–water partition coefficient (Wildman–Crippen LogP) is 4.08. The van der Waals surface area contributed by atoms with Crippen LogP contribution in [0, 0.1) is 5.41 Å². The molecule has 1 aliphatic heterocycles. The van der Waals surface area contributed by atoms with Gasteiger partial charge in [0.15, 0.2) is 0 Å². The van der Waals surface area contributed by atoms with Gasteiger partial charge in [-0.15, -0.1) is 0 Å². The Morgan fingerprint density at radius 1 is 1.19 bits per heavy atom. The summed E-state index contributed by atoms with van der Waals surface area (Å²) in [6.07, 6.45) is 9.98. The van der Waals surface area contributed by atoms with Crippen LogP contribution in [0.15, 0.2) is 0 Å². The van der Waals surface area contributed by atoms with Crippen LogP contribution in [0.1, 0.15) is 72.1 Å². The van der Waals surface area contributed by atoms with Gasteiger partial charge in [-0.25, -0.2) is 0 Å². The minimum atomic E-state index is -0.243. The standard InChI is InChI=1S/C14H26O2/c1-4-5-6-7-8-9-10-12-11-14(2,3)13(15)16-12/h12H,4-11H2,1-3H3. The first kappa shape index (κ1) is 13.5. The highest BCUT2D eigenvalue weighted by atomic mass is 16.6. The molecule has 94 valence electrons. The van der Waals surface area contributed by atoms with E-state index in [0.717, 1.165) is 12.8 Å². The third-order valence-corrected chi connectivity index (χ3v) is 3.44. The maximum Gasteiger partial charge on any atom is 0.311 e. The minimum absolute atomic E-state index is 0.0107. The van der Waals surface area contributed by atoms with E-state index in [2.05, 4.69) is 6.92 Å². The summed E-state index contributed by atoms with van der Waals surface area (Å²) in [6, 6.07) is 0. The van der Waals surface area contributed by atoms with Gasteiger partial charge in [-0.3, -0.25) is 4.79 Å². The molecule has 0 aromatic carbocycles. The molecular formula is C14H26O2. The molecule has 1 unspecified atom stereocenters. The summed E-state index contributed by atoms with van der Waals surface area (Å²) in [4.78, 5) is 11.5. The monoisotopic (exact) mass is 226 g/mol. The molecule has 1 aliphatic rings. The van der Waals surface area contributed by atoms with Crippen molar-refractivity contribution in [2.75, 3.05) is 0 Å². The number of rotatable bonds is 7. The number of ether oxygens (including phenoxy) is 1. The summed E-state index contributed by atoms with van der Waals surface area (Å²) in [7, 11) is 0. The van der Waals surface area contributed by atoms with E-state index in [4.69, 9.17) is 4.74 Å². The molecule has 0 N–H and O–H groups in total. The van der Waals surface area contributed by atoms with Gasteiger partial charge in [-0.2, -0.15) is 0 Å². The molecule has 2 heteroatoms. The third-order valence-electron chi connectivity index (χ3n) is 3.44. The second-order valence-corrected chi connectivity index (χ2v) is 5.67. The van der Waals surface area contributed by atoms with Crippen LogP contribution in [0.2, 0.25) is 0 Å². The van der Waals surface area contributed by atoms with Crippen LogP contribution >= 0.6 is 0 Å². The Labute approximate surface area is 99.8 Å². The summed E-state index contributed by atoms with van der Waals surface area (Å²) in [5, 5.41) is 0. The molecule has 1 rings (SSSR count). The van der Waals surface area contributed by atoms with Gasteiger partial charge in [0.25, 0.3) is 0 Å². The number of cyclic esters (lactones) is 1. The normalized spacial score (nSPS) is 23.4. The Morgan fingerprint density at radius 3 is 2.38 bits per heavy atom. The average Bonchev–Trinajstić information content (AvgIpc) is 2.47. The lowest BCUT2D eigenvalue weighted by molar-refractivity contribution is -0.147. The van der Waals surface area contributed by atoms with E-state index in [0.29, 0.717) is 0 Å². The van der Waals surface area contributed by atoms with Gasteiger partial charge >= 0.3 is 5.97 Å². The molecule has 0 radical (unpaired) electrons. The SMILES string of the molecule is CCCCCCCCC1CC(C)(C)C(=O)O1. The van der Waals surface area contributed by atoms with Crippen molar-refractivity contribution in [3.63, 3.8) is 0 Å². The van der Waals surface area contributed by atoms with E-state index in [-0.39, 0.29) is 17.5 Å². The first-order valence-electron chi connectivity index (χ1n) is 6.77. The largest absolute Gasteiger partial charge is 0.462 e. The number of hydrogen-bond donors (Lipinski definition) is 0. The third kappa shape index (κ3) is 4.15. The zero-order valence-electron chi connectivity index (χ0n) is 11.1. The van der Waals surface area contributed by atoms with Gasteiger partial charge in [-0.05, 0) is 33.1 Å². The molecule has 0 aromatic rings. The molecule has 1 atom stereocenters. The average molecular weight is 226 g/mol. The molecule has 1 saturated heterocycles. The first-order chi connectivity index (χ1) is 7.56. The topological polar surface area (TPSA) is 26.3 Å². The van der Waals surface area contributed by atoms with E-state index in [1.165, 1.54) is 38.5 Å². The van der Waals surface area contributed by atoms with Gasteiger partial charge in [-0.1, -0.05) is 39.0 Å². The van der Waals surface area contributed by atoms with Gasteiger partial charge in [0.05, 0.1) is 5.41 Å². The van der Waals surface area contributed by atoms with E-state index in [1.54, 1.807) is 0 Å². The second kappa shape index (κ2) is 6.27. The lowest BCUT2D eigenvalue weighted by Gasteiger charge is -2.10. The summed E-state index contributed by atoms with van der Waals surface area (Å²) in [5.41, 5.74) is -0.243. The molecule has 2 nitrogen and oxygen atoms in total. The van der Waals surface area contributed by atoms with Crippen molar-refractivity contribution in [2.45, 2.75) is 78.2 Å². The smallest absolute Gasteiger partial charge is 0.311 e. The zero-order chi connectivity index (χ0) is 12.0. The summed E-state index contributed by atoms with van der Waals surface area (Å²) in [6.45, 7) is 6.20. The molecule has 0 aliphatic carbocycles. The van der Waals surface area contributed by atoms with E-state index < -0.39 is 0 Å². The number of esters is 1. The van der Waals surface area contributed by atoms with Crippen LogP contribution in [-0.4, -0.2) is 12.1 Å². The van der Waals surface area contributed by atoms with Gasteiger partial charge < -0.3 is 4.74 Å². The van der Waals surface area contributed by atoms with Crippen molar-refractivity contribution in [2.24, 2.45) is 5.41 Å². The van der Waals surface area contributed by atoms with E-state index in [9.17, 15) is 4.79 Å². The van der Waals surface area contributed by atoms with Gasteiger partial charge in [0.1, 0.15) is 6.10 Å². The van der Waals surface area contributed by atoms with Crippen molar-refractivity contribution >= 4 is 5.97 Å². The fraction of sp³-hybridized carbons (Fsp3) is 0.929. The summed E-state index contributed by atoms with van der Waals surface area (Å²) in [5.74, 6) is -0.0107. The van der Waals surface area contributed by atoms with Gasteiger partial charge in [0.2, 0.25) is 0 Å². The molecule has 0 amide bonds. The molecule has 16 heavy (non-hydrogen) atoms. The van der Waals surface area contributed by atoms with Crippen LogP contribution < -0.4 is 0 Å². The number of carbonyl (C=O) groups excluding carboxylic acids is 1. The van der Waals surface area contributed by atoms with Crippen LogP contribution in [-0.2, 0) is 9.53 Å². The van der Waals surface area contributed by atoms with E-state index in [1.807, 2.05) is 13.8 Å². The van der Waals surface area contributed by atoms with Crippen LogP contribution in [0.5, 0.6) is 0 Å². The Balaban J connectivity index is 2.05. The second-order valence-electron chi connectivity index (χ2n) is 5.67. The highest BCUT2D eigenvalue weighted by Crippen LogP contribution is 2.34. The molecular weight excluding hydrogens is 200 g/mol. The van der Waals surface area contributed by atoms with Crippen LogP contribution in [0.25, 0.3) is 0 Å². The molecule has 0 aromatic heterocycles. The summed E-state index contributed by atoms with van der Waals surface area (Å²) < 4.78 is 5.37. The van der Waals surface area contributed by atoms with Crippen molar-refractivity contribution in [3.8, 4) is 0 Å². The molecule has 1 heterocycles. The van der Waals surface area contributed by atoms with Crippen molar-refractivity contribution in [3.05, 3.63) is 0 Å². The predicted molar refractivity (Wildman–Crippen MR) is 66.3 cm³/mol. The quantitative estimate of drug-likeness (QED) is 0.483. The van der Waals surface area contributed by atoms with Crippen LogP contribution in [0.3, 0.4) is 0 Å². The Morgan fingerprint density at radius 2 is 1.81 bits per heavy atom. The Bertz CT molecular complexity index is 221. The van der Waals surface area contributed by atoms with Crippen molar-refractivity contribution in [1.82, 2.24) is 0 Å². The fourth-order valence-corrected chi connectivity index (χ4v) is 2.32. The van der Waals surface area contributed by atoms with Crippen molar-refractivity contribution in [1.29, 1.82) is 0 Å². The van der Waals surface area contributed by atoms with Gasteiger partial charge in [0, 0.05) is 0 Å². The van der Waals surface area contributed by atoms with E-state index >= 15 is 0 Å². The Hall–Kier alpha value is -0.530. The number of unbranched alkanes of at least 4 members (excludes halogenated alkanes) is 5. The zero-order valence-corrected chi connectivity index (χ0v) is 11.1. The highest BCUT2D eigenvalue weighted by Gasteiger charge is 2.40. The maximum absolute atomic E-state index is 11.5. The highest BCUT2D eigenvalue weighted by molar-refractivity contribution is 5.78. The molecule has 0 spiro atoms. The molecule has 0 bridgehead atoms. The lowest BCUT2D eigenvalue weighted by Crippen LogP contribution is -2.16. The number of carbonyl (C=O) groups is 1. The molecule has 0 saturated carbocycles. The first-order valence-corrected chi connectivity index (χ1v) is 6.77. The van der Waals surface area contributed by atoms with Crippen LogP contribution in [0.4, 0.5) is 0 Å².